The topological polar surface area (TPSA) is 86.1 Å². The Hall–Kier alpha value is -3.46. The van der Waals surface area contributed by atoms with Crippen LogP contribution in [0, 0.1) is 11.6 Å². The van der Waals surface area contributed by atoms with Gasteiger partial charge >= 0.3 is 5.97 Å². The third-order valence-electron chi connectivity index (χ3n) is 4.92. The highest BCUT2D eigenvalue weighted by Crippen LogP contribution is 2.19. The molecular formula is C23H24F2N4O3. The van der Waals surface area contributed by atoms with E-state index in [0.717, 1.165) is 17.7 Å². The Morgan fingerprint density at radius 1 is 1.12 bits per heavy atom. The van der Waals surface area contributed by atoms with Gasteiger partial charge in [0.2, 0.25) is 0 Å². The number of benzene rings is 1. The molecule has 0 aliphatic heterocycles. The number of hydrogen-bond donors (Lipinski definition) is 1. The van der Waals surface area contributed by atoms with E-state index in [4.69, 9.17) is 4.74 Å². The fraction of sp³-hybridized carbons (Fsp3) is 0.304. The maximum atomic E-state index is 13.6. The molecule has 2 aromatic heterocycles. The van der Waals surface area contributed by atoms with E-state index in [-0.39, 0.29) is 31.8 Å². The van der Waals surface area contributed by atoms with E-state index in [1.807, 2.05) is 18.2 Å². The minimum absolute atomic E-state index is 0.0404. The van der Waals surface area contributed by atoms with Gasteiger partial charge in [-0.3, -0.25) is 24.6 Å². The number of Topliss-reactive ketones (excluding diaryl/α,β-unsaturated/α-hetero) is 1. The molecule has 1 N–H and O–H groups in total. The quantitative estimate of drug-likeness (QED) is 0.486. The second-order valence-electron chi connectivity index (χ2n) is 7.21. The molecule has 0 spiro atoms. The van der Waals surface area contributed by atoms with Gasteiger partial charge in [0, 0.05) is 30.7 Å². The fourth-order valence-electron chi connectivity index (χ4n) is 3.26. The average Bonchev–Trinajstić information content (AvgIpc) is 3.14. The van der Waals surface area contributed by atoms with Gasteiger partial charge in [0.25, 0.3) is 0 Å². The molecule has 0 aliphatic carbocycles. The van der Waals surface area contributed by atoms with Crippen LogP contribution in [0.1, 0.15) is 18.2 Å². The SMILES string of the molecule is CCOC(=O)CN[C@@H](Cc1ccc(F)c(F)c1)C(=O)Cc1cc(-c2ccncc2)nn1C. The zero-order valence-corrected chi connectivity index (χ0v) is 17.8. The predicted molar refractivity (Wildman–Crippen MR) is 114 cm³/mol. The largest absolute Gasteiger partial charge is 0.465 e. The van der Waals surface area contributed by atoms with Crippen LogP contribution in [-0.4, -0.2) is 45.7 Å². The molecule has 3 rings (SSSR count). The number of esters is 1. The monoisotopic (exact) mass is 442 g/mol. The van der Waals surface area contributed by atoms with Crippen molar-refractivity contribution in [2.75, 3.05) is 13.2 Å². The van der Waals surface area contributed by atoms with Crippen LogP contribution in [0.2, 0.25) is 0 Å². The Kier molecular flexibility index (Phi) is 7.77. The van der Waals surface area contributed by atoms with Crippen LogP contribution in [0.5, 0.6) is 0 Å². The lowest BCUT2D eigenvalue weighted by molar-refractivity contribution is -0.142. The van der Waals surface area contributed by atoms with Gasteiger partial charge in [-0.15, -0.1) is 0 Å². The molecule has 0 bridgehead atoms. The number of pyridine rings is 1. The second kappa shape index (κ2) is 10.7. The second-order valence-corrected chi connectivity index (χ2v) is 7.21. The number of rotatable bonds is 10. The van der Waals surface area contributed by atoms with Gasteiger partial charge < -0.3 is 4.74 Å². The van der Waals surface area contributed by atoms with Crippen molar-refractivity contribution in [2.24, 2.45) is 7.05 Å². The van der Waals surface area contributed by atoms with Gasteiger partial charge in [0.1, 0.15) is 0 Å². The lowest BCUT2D eigenvalue weighted by atomic mass is 9.99. The van der Waals surface area contributed by atoms with Crippen molar-refractivity contribution in [1.29, 1.82) is 0 Å². The molecule has 0 fully saturated rings. The van der Waals surface area contributed by atoms with E-state index in [1.165, 1.54) is 6.07 Å². The van der Waals surface area contributed by atoms with Gasteiger partial charge in [0.15, 0.2) is 17.4 Å². The van der Waals surface area contributed by atoms with E-state index >= 15 is 0 Å². The molecule has 9 heteroatoms. The highest BCUT2D eigenvalue weighted by Gasteiger charge is 2.22. The van der Waals surface area contributed by atoms with Gasteiger partial charge in [-0.25, -0.2) is 8.78 Å². The highest BCUT2D eigenvalue weighted by molar-refractivity contribution is 5.87. The van der Waals surface area contributed by atoms with Crippen LogP contribution in [-0.2, 0) is 34.2 Å². The smallest absolute Gasteiger partial charge is 0.319 e. The zero-order valence-electron chi connectivity index (χ0n) is 17.8. The van der Waals surface area contributed by atoms with Crippen LogP contribution in [0.15, 0.2) is 48.8 Å². The molecule has 3 aromatic rings. The molecule has 2 heterocycles. The number of ether oxygens (including phenoxy) is 1. The highest BCUT2D eigenvalue weighted by atomic mass is 19.2. The first-order valence-corrected chi connectivity index (χ1v) is 10.2. The van der Waals surface area contributed by atoms with Crippen molar-refractivity contribution < 1.29 is 23.1 Å². The number of ketones is 1. The van der Waals surface area contributed by atoms with Crippen molar-refractivity contribution in [3.63, 3.8) is 0 Å². The molecule has 0 saturated heterocycles. The first kappa shape index (κ1) is 23.2. The van der Waals surface area contributed by atoms with Gasteiger partial charge in [0.05, 0.1) is 31.3 Å². The van der Waals surface area contributed by atoms with Gasteiger partial charge in [-0.1, -0.05) is 6.07 Å². The summed E-state index contributed by atoms with van der Waals surface area (Å²) in [6.07, 6.45) is 3.45. The predicted octanol–water partition coefficient (Wildman–Crippen LogP) is 2.64. The van der Waals surface area contributed by atoms with Crippen LogP contribution in [0.3, 0.4) is 0 Å². The molecule has 1 aromatic carbocycles. The molecule has 168 valence electrons. The summed E-state index contributed by atoms with van der Waals surface area (Å²) in [7, 11) is 1.74. The number of carbonyl (C=O) groups is 2. The van der Waals surface area contributed by atoms with Crippen LogP contribution >= 0.6 is 0 Å². The third kappa shape index (κ3) is 6.04. The van der Waals surface area contributed by atoms with Crippen LogP contribution in [0.25, 0.3) is 11.3 Å². The Balaban J connectivity index is 1.77. The Bertz CT molecular complexity index is 1090. The summed E-state index contributed by atoms with van der Waals surface area (Å²) >= 11 is 0. The number of halogens is 2. The van der Waals surface area contributed by atoms with E-state index in [1.54, 1.807) is 31.0 Å². The molecule has 0 aliphatic rings. The van der Waals surface area contributed by atoms with Gasteiger partial charge in [-0.2, -0.15) is 5.10 Å². The van der Waals surface area contributed by atoms with Crippen LogP contribution < -0.4 is 5.32 Å². The molecule has 0 amide bonds. The summed E-state index contributed by atoms with van der Waals surface area (Å²) in [4.78, 5) is 28.9. The maximum absolute atomic E-state index is 13.6. The Morgan fingerprint density at radius 2 is 1.88 bits per heavy atom. The fourth-order valence-corrected chi connectivity index (χ4v) is 3.26. The standard InChI is InChI=1S/C23H24F2N4O3/c1-3-32-23(31)14-27-21(11-15-4-5-18(24)19(25)10-15)22(30)13-17-12-20(28-29(17)2)16-6-8-26-9-7-16/h4-10,12,21,27H,3,11,13-14H2,1-2H3/t21-/m0/s1. The number of aromatic nitrogens is 3. The minimum atomic E-state index is -0.993. The molecule has 1 atom stereocenters. The van der Waals surface area contributed by atoms with Crippen molar-refractivity contribution in [2.45, 2.75) is 25.8 Å². The molecule has 0 radical (unpaired) electrons. The van der Waals surface area contributed by atoms with Gasteiger partial charge in [-0.05, 0) is 49.2 Å². The average molecular weight is 442 g/mol. The van der Waals surface area contributed by atoms with Crippen molar-refractivity contribution in [1.82, 2.24) is 20.1 Å². The molecule has 32 heavy (non-hydrogen) atoms. The van der Waals surface area contributed by atoms with Crippen molar-refractivity contribution >= 4 is 11.8 Å². The first-order valence-electron chi connectivity index (χ1n) is 10.2. The normalized spacial score (nSPS) is 11.9. The summed E-state index contributed by atoms with van der Waals surface area (Å²) in [6.45, 7) is 1.72. The summed E-state index contributed by atoms with van der Waals surface area (Å²) < 4.78 is 33.4. The van der Waals surface area contributed by atoms with E-state index in [2.05, 4.69) is 15.4 Å². The summed E-state index contributed by atoms with van der Waals surface area (Å²) in [5.74, 6) is -2.68. The Morgan fingerprint density at radius 3 is 2.56 bits per heavy atom. The molecular weight excluding hydrogens is 418 g/mol. The lowest BCUT2D eigenvalue weighted by Gasteiger charge is -2.18. The Labute approximate surface area is 184 Å². The minimum Gasteiger partial charge on any atom is -0.465 e. The number of nitrogens with one attached hydrogen (secondary N) is 1. The summed E-state index contributed by atoms with van der Waals surface area (Å²) in [5.41, 5.74) is 2.68. The van der Waals surface area contributed by atoms with E-state index < -0.39 is 23.6 Å². The van der Waals surface area contributed by atoms with E-state index in [9.17, 15) is 18.4 Å². The lowest BCUT2D eigenvalue weighted by Crippen LogP contribution is -2.42. The van der Waals surface area contributed by atoms with Crippen molar-refractivity contribution in [3.8, 4) is 11.3 Å². The molecule has 7 nitrogen and oxygen atoms in total. The third-order valence-corrected chi connectivity index (χ3v) is 4.92. The summed E-state index contributed by atoms with van der Waals surface area (Å²) in [6, 6.07) is 8.13. The zero-order chi connectivity index (χ0) is 23.1. The van der Waals surface area contributed by atoms with Crippen molar-refractivity contribution in [3.05, 3.63) is 71.7 Å². The summed E-state index contributed by atoms with van der Waals surface area (Å²) in [5, 5.41) is 7.33. The maximum Gasteiger partial charge on any atom is 0.319 e. The number of hydrogen-bond acceptors (Lipinski definition) is 6. The number of aryl methyl sites for hydroxylation is 1. The number of nitrogens with zero attached hydrogens (tertiary/aromatic N) is 3. The molecule has 0 unspecified atom stereocenters. The van der Waals surface area contributed by atoms with E-state index in [0.29, 0.717) is 17.0 Å². The number of carbonyl (C=O) groups excluding carboxylic acids is 2. The first-order chi connectivity index (χ1) is 15.4. The molecule has 0 saturated carbocycles. The van der Waals surface area contributed by atoms with Crippen LogP contribution in [0.4, 0.5) is 8.78 Å².